The van der Waals surface area contributed by atoms with Crippen LogP contribution in [0.15, 0.2) is 24.3 Å². The molecule has 0 saturated heterocycles. The molecule has 0 spiro atoms. The molecule has 5 nitrogen and oxygen atoms in total. The molecule has 0 bridgehead atoms. The molecule has 0 saturated carbocycles. The summed E-state index contributed by atoms with van der Waals surface area (Å²) in [7, 11) is 0. The van der Waals surface area contributed by atoms with Gasteiger partial charge in [0.2, 0.25) is 5.91 Å². The first-order chi connectivity index (χ1) is 8.70. The first-order valence-corrected chi connectivity index (χ1v) is 5.14. The number of hydrogen-bond donors (Lipinski definition) is 2. The Hall–Kier alpha value is -2.25. The summed E-state index contributed by atoms with van der Waals surface area (Å²) in [6.45, 7) is -0.886. The molecule has 1 rings (SSSR count). The maximum atomic E-state index is 12.2. The normalized spacial score (nSPS) is 11.1. The molecule has 0 fully saturated rings. The Labute approximate surface area is 106 Å². The number of anilines is 2. The summed E-state index contributed by atoms with van der Waals surface area (Å²) >= 11 is 0. The zero-order valence-corrected chi connectivity index (χ0v) is 9.65. The van der Waals surface area contributed by atoms with Crippen molar-refractivity contribution in [2.45, 2.75) is 12.6 Å². The van der Waals surface area contributed by atoms with E-state index in [4.69, 9.17) is 10.8 Å². The van der Waals surface area contributed by atoms with Gasteiger partial charge in [-0.15, -0.1) is 0 Å². The van der Waals surface area contributed by atoms with Gasteiger partial charge in [0.05, 0.1) is 11.4 Å². The van der Waals surface area contributed by atoms with Crippen molar-refractivity contribution in [3.8, 4) is 0 Å². The molecule has 0 aliphatic heterocycles. The van der Waals surface area contributed by atoms with E-state index in [-0.39, 0.29) is 11.4 Å². The Balaban J connectivity index is 3.05. The Morgan fingerprint density at radius 2 is 1.84 bits per heavy atom. The number of hydrogen-bond acceptors (Lipinski definition) is 3. The smallest absolute Gasteiger partial charge is 0.397 e. The molecule has 0 aliphatic rings. The van der Waals surface area contributed by atoms with Crippen molar-refractivity contribution in [1.29, 1.82) is 0 Å². The molecule has 3 N–H and O–H groups in total. The molecule has 8 heteroatoms. The topological polar surface area (TPSA) is 83.6 Å². The standard InChI is InChI=1S/C11H11F3N2O3/c12-11(13,14)5-9(17)16(6-10(18)19)8-4-2-1-3-7(8)15/h1-4H,5-6,15H2,(H,18,19). The number of alkyl halides is 3. The maximum Gasteiger partial charge on any atom is 0.397 e. The van der Waals surface area contributed by atoms with Crippen LogP contribution in [0.5, 0.6) is 0 Å². The fourth-order valence-electron chi connectivity index (χ4n) is 1.44. The van der Waals surface area contributed by atoms with Gasteiger partial charge in [-0.05, 0) is 12.1 Å². The van der Waals surface area contributed by atoms with Crippen LogP contribution >= 0.6 is 0 Å². The second-order valence-electron chi connectivity index (χ2n) is 3.72. The lowest BCUT2D eigenvalue weighted by Crippen LogP contribution is -2.38. The van der Waals surface area contributed by atoms with Crippen LogP contribution in [-0.4, -0.2) is 29.7 Å². The number of nitrogens with zero attached hydrogens (tertiary/aromatic N) is 1. The number of nitrogens with two attached hydrogens (primary N) is 1. The lowest BCUT2D eigenvalue weighted by molar-refractivity contribution is -0.153. The van der Waals surface area contributed by atoms with Gasteiger partial charge in [0.25, 0.3) is 0 Å². The summed E-state index contributed by atoms with van der Waals surface area (Å²) in [5.74, 6) is -2.80. The van der Waals surface area contributed by atoms with Crippen molar-refractivity contribution >= 4 is 23.3 Å². The van der Waals surface area contributed by atoms with Crippen molar-refractivity contribution in [3.05, 3.63) is 24.3 Å². The fraction of sp³-hybridized carbons (Fsp3) is 0.273. The molecule has 19 heavy (non-hydrogen) atoms. The largest absolute Gasteiger partial charge is 0.480 e. The summed E-state index contributed by atoms with van der Waals surface area (Å²) < 4.78 is 36.6. The van der Waals surface area contributed by atoms with Gasteiger partial charge in [0.1, 0.15) is 13.0 Å². The van der Waals surface area contributed by atoms with Gasteiger partial charge >= 0.3 is 12.1 Å². The molecule has 0 aliphatic carbocycles. The van der Waals surface area contributed by atoms with Gasteiger partial charge in [-0.3, -0.25) is 14.5 Å². The minimum Gasteiger partial charge on any atom is -0.480 e. The Morgan fingerprint density at radius 1 is 1.26 bits per heavy atom. The van der Waals surface area contributed by atoms with Gasteiger partial charge < -0.3 is 10.8 Å². The molecular weight excluding hydrogens is 265 g/mol. The number of nitrogen functional groups attached to an aromatic ring is 1. The number of benzene rings is 1. The van der Waals surface area contributed by atoms with E-state index in [9.17, 15) is 22.8 Å². The number of carboxylic acids is 1. The van der Waals surface area contributed by atoms with Crippen molar-refractivity contribution in [2.75, 3.05) is 17.2 Å². The van der Waals surface area contributed by atoms with E-state index in [2.05, 4.69) is 0 Å². The highest BCUT2D eigenvalue weighted by Crippen LogP contribution is 2.26. The highest BCUT2D eigenvalue weighted by molar-refractivity contribution is 6.00. The Kier molecular flexibility index (Phi) is 4.36. The molecule has 0 aromatic heterocycles. The van der Waals surface area contributed by atoms with Crippen molar-refractivity contribution in [2.24, 2.45) is 0 Å². The monoisotopic (exact) mass is 276 g/mol. The summed E-state index contributed by atoms with van der Waals surface area (Å²) in [5.41, 5.74) is 5.50. The molecule has 1 amide bonds. The number of carbonyl (C=O) groups is 2. The Bertz CT molecular complexity index is 488. The summed E-state index contributed by atoms with van der Waals surface area (Å²) in [4.78, 5) is 22.7. The van der Waals surface area contributed by atoms with Crippen molar-refractivity contribution in [1.82, 2.24) is 0 Å². The van der Waals surface area contributed by atoms with Gasteiger partial charge in [-0.25, -0.2) is 0 Å². The van der Waals surface area contributed by atoms with E-state index in [1.54, 1.807) is 0 Å². The number of para-hydroxylation sites is 2. The van der Waals surface area contributed by atoms with Crippen molar-refractivity contribution < 1.29 is 27.9 Å². The minimum atomic E-state index is -4.71. The maximum absolute atomic E-state index is 12.2. The van der Waals surface area contributed by atoms with Crippen LogP contribution in [0.2, 0.25) is 0 Å². The second kappa shape index (κ2) is 5.59. The van der Waals surface area contributed by atoms with E-state index >= 15 is 0 Å². The zero-order valence-electron chi connectivity index (χ0n) is 9.65. The average Bonchev–Trinajstić information content (AvgIpc) is 2.24. The molecule has 1 aromatic rings. The quantitative estimate of drug-likeness (QED) is 0.819. The zero-order chi connectivity index (χ0) is 14.6. The van der Waals surface area contributed by atoms with Gasteiger partial charge in [0, 0.05) is 0 Å². The molecule has 1 aromatic carbocycles. The highest BCUT2D eigenvalue weighted by Gasteiger charge is 2.34. The third-order valence-electron chi connectivity index (χ3n) is 2.17. The summed E-state index contributed by atoms with van der Waals surface area (Å²) in [5, 5.41) is 8.67. The van der Waals surface area contributed by atoms with Crippen LogP contribution in [0, 0.1) is 0 Å². The predicted molar refractivity (Wildman–Crippen MR) is 61.5 cm³/mol. The number of amides is 1. The lowest BCUT2D eigenvalue weighted by atomic mass is 10.2. The third-order valence-corrected chi connectivity index (χ3v) is 2.17. The van der Waals surface area contributed by atoms with E-state index in [1.165, 1.54) is 24.3 Å². The number of carboxylic acid groups (broad SMARTS) is 1. The van der Waals surface area contributed by atoms with Gasteiger partial charge in [-0.1, -0.05) is 12.1 Å². The molecule has 0 unspecified atom stereocenters. The SMILES string of the molecule is Nc1ccccc1N(CC(=O)O)C(=O)CC(F)(F)F. The summed E-state index contributed by atoms with van der Waals surface area (Å²) in [6.07, 6.45) is -6.45. The second-order valence-corrected chi connectivity index (χ2v) is 3.72. The number of rotatable bonds is 4. The van der Waals surface area contributed by atoms with Gasteiger partial charge in [-0.2, -0.15) is 13.2 Å². The number of halogens is 3. The van der Waals surface area contributed by atoms with Crippen LogP contribution in [0.25, 0.3) is 0 Å². The number of aliphatic carboxylic acids is 1. The van der Waals surface area contributed by atoms with E-state index in [0.717, 1.165) is 0 Å². The van der Waals surface area contributed by atoms with Gasteiger partial charge in [0.15, 0.2) is 0 Å². The molecule has 0 heterocycles. The summed E-state index contributed by atoms with van der Waals surface area (Å²) in [6, 6.07) is 5.62. The van der Waals surface area contributed by atoms with Crippen LogP contribution in [0.3, 0.4) is 0 Å². The van der Waals surface area contributed by atoms with Crippen LogP contribution in [0.1, 0.15) is 6.42 Å². The molecule has 0 atom stereocenters. The van der Waals surface area contributed by atoms with E-state index in [0.29, 0.717) is 4.90 Å². The number of carbonyl (C=O) groups excluding carboxylic acids is 1. The first kappa shape index (κ1) is 14.8. The molecule has 0 radical (unpaired) electrons. The predicted octanol–water partition coefficient (Wildman–Crippen LogP) is 1.64. The first-order valence-electron chi connectivity index (χ1n) is 5.14. The van der Waals surface area contributed by atoms with E-state index < -0.39 is 31.0 Å². The fourth-order valence-corrected chi connectivity index (χ4v) is 1.44. The van der Waals surface area contributed by atoms with Crippen LogP contribution < -0.4 is 10.6 Å². The van der Waals surface area contributed by atoms with Crippen LogP contribution in [0.4, 0.5) is 24.5 Å². The Morgan fingerprint density at radius 3 is 2.32 bits per heavy atom. The average molecular weight is 276 g/mol. The third kappa shape index (κ3) is 4.49. The van der Waals surface area contributed by atoms with E-state index in [1.807, 2.05) is 0 Å². The highest BCUT2D eigenvalue weighted by atomic mass is 19.4. The van der Waals surface area contributed by atoms with Crippen molar-refractivity contribution in [3.63, 3.8) is 0 Å². The lowest BCUT2D eigenvalue weighted by Gasteiger charge is -2.22. The van der Waals surface area contributed by atoms with Crippen LogP contribution in [-0.2, 0) is 9.59 Å². The molecule has 104 valence electrons. The minimum absolute atomic E-state index is 0.0271. The molecular formula is C11H11F3N2O3.